The van der Waals surface area contributed by atoms with Crippen LogP contribution >= 0.6 is 0 Å². The molecule has 2 aromatic carbocycles. The molecule has 4 rings (SSSR count). The first-order valence-corrected chi connectivity index (χ1v) is 9.48. The maximum Gasteiger partial charge on any atom is 0.416 e. The Kier molecular flexibility index (Phi) is 5.24. The zero-order chi connectivity index (χ0) is 22.3. The first kappa shape index (κ1) is 21.0. The number of benzene rings is 2. The number of hydrogen-bond acceptors (Lipinski definition) is 3. The third kappa shape index (κ3) is 4.01. The molecule has 0 aliphatic heterocycles. The van der Waals surface area contributed by atoms with Crippen LogP contribution in [0.2, 0.25) is 0 Å². The number of hydrogen-bond donors (Lipinski definition) is 0. The molecule has 0 radical (unpaired) electrons. The summed E-state index contributed by atoms with van der Waals surface area (Å²) in [5.74, 6) is -1.97. The Morgan fingerprint density at radius 1 is 1.06 bits per heavy atom. The number of rotatable bonds is 5. The molecule has 2 heterocycles. The summed E-state index contributed by atoms with van der Waals surface area (Å²) < 4.78 is 70.7. The minimum absolute atomic E-state index is 0.213. The van der Waals surface area contributed by atoms with E-state index in [1.165, 1.54) is 35.5 Å². The highest BCUT2D eigenvalue weighted by molar-refractivity contribution is 5.82. The van der Waals surface area contributed by atoms with E-state index in [1.807, 2.05) is 0 Å². The fraction of sp³-hybridized carbons (Fsp3) is 0.286. The minimum Gasteiger partial charge on any atom is -0.261 e. The lowest BCUT2D eigenvalue weighted by Crippen LogP contribution is -2.22. The number of alkyl halides is 3. The fourth-order valence-corrected chi connectivity index (χ4v) is 3.79. The Hall–Kier alpha value is -3.30. The molecule has 10 heteroatoms. The number of halogens is 5. The van der Waals surface area contributed by atoms with Gasteiger partial charge in [0, 0.05) is 17.4 Å². The summed E-state index contributed by atoms with van der Waals surface area (Å²) in [5.41, 5.74) is 0.396. The summed E-state index contributed by atoms with van der Waals surface area (Å²) >= 11 is 0. The molecule has 0 spiro atoms. The van der Waals surface area contributed by atoms with Crippen LogP contribution in [0.15, 0.2) is 49.1 Å². The van der Waals surface area contributed by atoms with E-state index in [4.69, 9.17) is 0 Å². The van der Waals surface area contributed by atoms with Crippen LogP contribution in [0.1, 0.15) is 35.7 Å². The lowest BCUT2D eigenvalue weighted by Gasteiger charge is -2.26. The average molecular weight is 435 g/mol. The van der Waals surface area contributed by atoms with E-state index in [9.17, 15) is 22.0 Å². The molecule has 0 saturated heterocycles. The fourth-order valence-electron chi connectivity index (χ4n) is 3.79. The van der Waals surface area contributed by atoms with E-state index in [-0.39, 0.29) is 12.1 Å². The van der Waals surface area contributed by atoms with E-state index >= 15 is 0 Å². The topological polar surface area (TPSA) is 48.5 Å². The van der Waals surface area contributed by atoms with Crippen LogP contribution in [-0.4, -0.2) is 24.5 Å². The summed E-state index contributed by atoms with van der Waals surface area (Å²) in [4.78, 5) is 3.89. The summed E-state index contributed by atoms with van der Waals surface area (Å²) in [7, 11) is 0. The van der Waals surface area contributed by atoms with Crippen LogP contribution in [0.25, 0.3) is 10.9 Å². The molecule has 31 heavy (non-hydrogen) atoms. The Labute approximate surface area is 174 Å². The van der Waals surface area contributed by atoms with Crippen molar-refractivity contribution < 1.29 is 22.0 Å². The van der Waals surface area contributed by atoms with Crippen LogP contribution in [0.4, 0.5) is 22.0 Å². The molecule has 5 nitrogen and oxygen atoms in total. The number of nitrogens with zero attached hydrogens (tertiary/aromatic N) is 5. The van der Waals surface area contributed by atoms with Gasteiger partial charge in [0.25, 0.3) is 0 Å². The van der Waals surface area contributed by atoms with E-state index in [1.54, 1.807) is 18.5 Å². The van der Waals surface area contributed by atoms with Crippen molar-refractivity contribution in [2.45, 2.75) is 38.5 Å². The van der Waals surface area contributed by atoms with Gasteiger partial charge in [0.05, 0.1) is 29.4 Å². The van der Waals surface area contributed by atoms with Crippen LogP contribution in [0.5, 0.6) is 0 Å². The molecule has 162 valence electrons. The second-order valence-electron chi connectivity index (χ2n) is 7.39. The van der Waals surface area contributed by atoms with Gasteiger partial charge in [-0.05, 0) is 43.7 Å². The van der Waals surface area contributed by atoms with Crippen molar-refractivity contribution in [1.29, 1.82) is 0 Å². The van der Waals surface area contributed by atoms with Gasteiger partial charge < -0.3 is 0 Å². The van der Waals surface area contributed by atoms with Crippen molar-refractivity contribution >= 4 is 10.9 Å². The molecule has 2 atom stereocenters. The molecule has 0 amide bonds. The summed E-state index contributed by atoms with van der Waals surface area (Å²) in [6.45, 7) is 3.62. The molecular weight excluding hydrogens is 417 g/mol. The molecule has 0 unspecified atom stereocenters. The highest BCUT2D eigenvalue weighted by atomic mass is 19.4. The zero-order valence-corrected chi connectivity index (χ0v) is 16.6. The largest absolute Gasteiger partial charge is 0.416 e. The van der Waals surface area contributed by atoms with Crippen molar-refractivity contribution in [3.63, 3.8) is 0 Å². The smallest absolute Gasteiger partial charge is 0.261 e. The van der Waals surface area contributed by atoms with Gasteiger partial charge in [0.1, 0.15) is 24.3 Å². The molecule has 0 bridgehead atoms. The number of aromatic nitrogens is 5. The SMILES string of the molecule is Cc1nn([C@H](C)[C@@H](Cn2cncn2)c2ccc(F)cc2F)c2ccc(C(F)(F)F)cc12. The Morgan fingerprint density at radius 2 is 1.84 bits per heavy atom. The van der Waals surface area contributed by atoms with Gasteiger partial charge in [-0.1, -0.05) is 6.07 Å². The van der Waals surface area contributed by atoms with Gasteiger partial charge in [0.15, 0.2) is 0 Å². The minimum atomic E-state index is -4.47. The first-order chi connectivity index (χ1) is 14.6. The Morgan fingerprint density at radius 3 is 2.48 bits per heavy atom. The van der Waals surface area contributed by atoms with Gasteiger partial charge in [-0.2, -0.15) is 23.4 Å². The molecule has 0 N–H and O–H groups in total. The predicted molar refractivity (Wildman–Crippen MR) is 103 cm³/mol. The van der Waals surface area contributed by atoms with E-state index in [0.717, 1.165) is 18.2 Å². The van der Waals surface area contributed by atoms with Crippen molar-refractivity contribution in [2.24, 2.45) is 0 Å². The van der Waals surface area contributed by atoms with E-state index < -0.39 is 35.3 Å². The van der Waals surface area contributed by atoms with Crippen LogP contribution in [-0.2, 0) is 12.7 Å². The van der Waals surface area contributed by atoms with Gasteiger partial charge in [-0.3, -0.25) is 9.36 Å². The summed E-state index contributed by atoms with van der Waals surface area (Å²) in [6, 6.07) is 6.27. The number of aryl methyl sites for hydroxylation is 1. The van der Waals surface area contributed by atoms with E-state index in [2.05, 4.69) is 15.2 Å². The lowest BCUT2D eigenvalue weighted by molar-refractivity contribution is -0.137. The maximum atomic E-state index is 14.7. The third-order valence-electron chi connectivity index (χ3n) is 5.40. The van der Waals surface area contributed by atoms with E-state index in [0.29, 0.717) is 16.6 Å². The second-order valence-corrected chi connectivity index (χ2v) is 7.39. The molecule has 2 aromatic heterocycles. The number of fused-ring (bicyclic) bond motifs is 1. The highest BCUT2D eigenvalue weighted by Crippen LogP contribution is 2.37. The summed E-state index contributed by atoms with van der Waals surface area (Å²) in [5, 5.41) is 8.87. The van der Waals surface area contributed by atoms with Gasteiger partial charge >= 0.3 is 6.18 Å². The second kappa shape index (κ2) is 7.75. The molecule has 0 saturated carbocycles. The average Bonchev–Trinajstić information content (AvgIpc) is 3.33. The molecule has 0 aliphatic rings. The summed E-state index contributed by atoms with van der Waals surface area (Å²) in [6.07, 6.45) is -1.65. The third-order valence-corrected chi connectivity index (χ3v) is 5.40. The molecule has 4 aromatic rings. The maximum absolute atomic E-state index is 14.7. The normalized spacial score (nSPS) is 14.2. The standard InChI is InChI=1S/C21H18F5N5/c1-12-17-7-14(21(24,25)26)3-6-20(17)31(29-12)13(2)18(9-30-11-27-10-28-30)16-5-4-15(22)8-19(16)23/h3-8,10-11,13,18H,9H2,1-2H3/t13-,18-/m1/s1. The quantitative estimate of drug-likeness (QED) is 0.401. The first-order valence-electron chi connectivity index (χ1n) is 9.48. The lowest BCUT2D eigenvalue weighted by atomic mass is 9.91. The van der Waals surface area contributed by atoms with Crippen molar-refractivity contribution in [3.05, 3.63) is 77.5 Å². The molecule has 0 fully saturated rings. The van der Waals surface area contributed by atoms with Gasteiger partial charge in [-0.25, -0.2) is 13.8 Å². The molecule has 0 aliphatic carbocycles. The van der Waals surface area contributed by atoms with Crippen LogP contribution < -0.4 is 0 Å². The van der Waals surface area contributed by atoms with Crippen molar-refractivity contribution in [1.82, 2.24) is 24.5 Å². The van der Waals surface area contributed by atoms with Crippen LogP contribution in [0, 0.1) is 18.6 Å². The van der Waals surface area contributed by atoms with Crippen LogP contribution in [0.3, 0.4) is 0 Å². The van der Waals surface area contributed by atoms with Crippen molar-refractivity contribution in [3.8, 4) is 0 Å². The molecular formula is C21H18F5N5. The van der Waals surface area contributed by atoms with Crippen molar-refractivity contribution in [2.75, 3.05) is 0 Å². The van der Waals surface area contributed by atoms with Gasteiger partial charge in [-0.15, -0.1) is 0 Å². The van der Waals surface area contributed by atoms with Gasteiger partial charge in [0.2, 0.25) is 0 Å². The predicted octanol–water partition coefficient (Wildman–Crippen LogP) is 5.28. The Balaban J connectivity index is 1.81. The Bertz CT molecular complexity index is 1210. The highest BCUT2D eigenvalue weighted by Gasteiger charge is 2.32. The zero-order valence-electron chi connectivity index (χ0n) is 16.6. The monoisotopic (exact) mass is 435 g/mol.